The number of hydrogen-bond acceptors (Lipinski definition) is 2. The Balaban J connectivity index is 1.40. The summed E-state index contributed by atoms with van der Waals surface area (Å²) < 4.78 is 0. The number of nitrogens with zero attached hydrogens (tertiary/aromatic N) is 1. The molecule has 5 aliphatic carbocycles. The second-order valence-corrected chi connectivity index (χ2v) is 14.4. The topological polar surface area (TPSA) is 29.4 Å². The molecule has 0 aromatic heterocycles. The van der Waals surface area contributed by atoms with Crippen molar-refractivity contribution in [1.82, 2.24) is 0 Å². The van der Waals surface area contributed by atoms with Gasteiger partial charge in [0, 0.05) is 0 Å². The van der Waals surface area contributed by atoms with Crippen LogP contribution in [0.5, 0.6) is 0 Å². The minimum atomic E-state index is 0.573. The zero-order valence-corrected chi connectivity index (χ0v) is 23.2. The summed E-state index contributed by atoms with van der Waals surface area (Å²) in [4.78, 5) is 11.2. The van der Waals surface area contributed by atoms with Gasteiger partial charge in [-0.15, -0.1) is 0 Å². The van der Waals surface area contributed by atoms with Crippen LogP contribution < -0.4 is 0 Å². The van der Waals surface area contributed by atoms with E-state index in [1.54, 1.807) is 32.1 Å². The lowest BCUT2D eigenvalue weighted by molar-refractivity contribution is -0.0458. The van der Waals surface area contributed by atoms with Crippen LogP contribution in [-0.4, -0.2) is 6.54 Å². The Morgan fingerprint density at radius 3 is 2.11 bits per heavy atom. The number of nitroso groups, excluding NO2 is 1. The third-order valence-electron chi connectivity index (χ3n) is 12.5. The van der Waals surface area contributed by atoms with Gasteiger partial charge >= 0.3 is 0 Å². The average molecular weight is 484 g/mol. The monoisotopic (exact) mass is 483 g/mol. The van der Waals surface area contributed by atoms with Gasteiger partial charge in [0.2, 0.25) is 0 Å². The lowest BCUT2D eigenvalue weighted by atomic mass is 9.51. The van der Waals surface area contributed by atoms with Crippen molar-refractivity contribution in [2.75, 3.05) is 6.54 Å². The zero-order valence-electron chi connectivity index (χ0n) is 23.2. The third kappa shape index (κ3) is 6.19. The van der Waals surface area contributed by atoms with Gasteiger partial charge in [0.05, 0.1) is 6.54 Å². The fraction of sp³-hybridized carbons (Fsp3) is 1.00. The van der Waals surface area contributed by atoms with Crippen molar-refractivity contribution in [3.05, 3.63) is 4.91 Å². The van der Waals surface area contributed by atoms with Crippen LogP contribution in [0.15, 0.2) is 5.18 Å². The molecule has 5 aliphatic rings. The molecule has 1 spiro atoms. The first-order chi connectivity index (χ1) is 17.2. The van der Waals surface area contributed by atoms with Crippen molar-refractivity contribution in [3.63, 3.8) is 0 Å². The maximum absolute atomic E-state index is 11.2. The number of rotatable bonds is 2. The minimum Gasteiger partial charge on any atom is -0.151 e. The van der Waals surface area contributed by atoms with E-state index < -0.39 is 0 Å². The highest BCUT2D eigenvalue weighted by atomic mass is 16.3. The molecule has 2 nitrogen and oxygen atoms in total. The van der Waals surface area contributed by atoms with Crippen LogP contribution in [0.2, 0.25) is 0 Å². The van der Waals surface area contributed by atoms with Crippen molar-refractivity contribution >= 4 is 0 Å². The number of fused-ring (bicyclic) bond motifs is 2. The average Bonchev–Trinajstić information content (AvgIpc) is 3.66. The van der Waals surface area contributed by atoms with Crippen molar-refractivity contribution in [1.29, 1.82) is 0 Å². The molecule has 0 heterocycles. The standard InChI is InChI=1S/C33H57NO/c1-25-13-7-6-8-14-26(24-34-35)21-28-16-11-17-29(31-22-30(28)31)23-33(25)20-12-18-27-15-9-4-2-3-5-10-19-32(27)33/h25-32H,2-24H2,1H3. The molecular weight excluding hydrogens is 426 g/mol. The molecule has 35 heavy (non-hydrogen) atoms. The van der Waals surface area contributed by atoms with Crippen molar-refractivity contribution in [2.45, 2.75) is 148 Å². The molecule has 2 bridgehead atoms. The predicted octanol–water partition coefficient (Wildman–Crippen LogP) is 10.3. The Labute approximate surface area is 217 Å². The van der Waals surface area contributed by atoms with Crippen LogP contribution in [0.4, 0.5) is 0 Å². The summed E-state index contributed by atoms with van der Waals surface area (Å²) in [6.07, 6.45) is 32.4. The fourth-order valence-electron chi connectivity index (χ4n) is 10.6. The Bertz CT molecular complexity index is 661. The SMILES string of the molecule is CC1CCCCCC(CN=O)CC2CCCC(CC13CCCC1CCCCCCCCC13)C1CC21. The first kappa shape index (κ1) is 26.2. The summed E-state index contributed by atoms with van der Waals surface area (Å²) in [6, 6.07) is 0. The van der Waals surface area contributed by atoms with Gasteiger partial charge in [-0.25, -0.2) is 0 Å². The molecule has 0 saturated heterocycles. The fourth-order valence-corrected chi connectivity index (χ4v) is 10.6. The summed E-state index contributed by atoms with van der Waals surface area (Å²) in [6.45, 7) is 3.30. The lowest BCUT2D eigenvalue weighted by Crippen LogP contribution is -2.45. The molecule has 0 aromatic carbocycles. The van der Waals surface area contributed by atoms with Crippen LogP contribution in [0.3, 0.4) is 0 Å². The van der Waals surface area contributed by atoms with Crippen molar-refractivity contribution in [3.8, 4) is 0 Å². The van der Waals surface area contributed by atoms with Gasteiger partial charge in [-0.05, 0) is 91.3 Å². The van der Waals surface area contributed by atoms with E-state index in [-0.39, 0.29) is 0 Å². The third-order valence-corrected chi connectivity index (χ3v) is 12.5. The predicted molar refractivity (Wildman–Crippen MR) is 148 cm³/mol. The molecule has 200 valence electrons. The first-order valence-electron chi connectivity index (χ1n) is 16.5. The second kappa shape index (κ2) is 12.4. The summed E-state index contributed by atoms with van der Waals surface area (Å²) in [7, 11) is 0. The smallest absolute Gasteiger partial charge is 0.0839 e. The van der Waals surface area contributed by atoms with E-state index in [4.69, 9.17) is 0 Å². The van der Waals surface area contributed by atoms with E-state index in [0.29, 0.717) is 17.9 Å². The van der Waals surface area contributed by atoms with Gasteiger partial charge in [-0.2, -0.15) is 4.91 Å². The minimum absolute atomic E-state index is 0.573. The van der Waals surface area contributed by atoms with E-state index >= 15 is 0 Å². The normalized spacial score (nSPS) is 46.0. The second-order valence-electron chi connectivity index (χ2n) is 14.4. The summed E-state index contributed by atoms with van der Waals surface area (Å²) in [5, 5.41) is 3.39. The molecule has 5 rings (SSSR count). The van der Waals surface area contributed by atoms with Crippen LogP contribution in [0, 0.1) is 57.7 Å². The highest BCUT2D eigenvalue weighted by molar-refractivity contribution is 5.04. The van der Waals surface area contributed by atoms with E-state index in [0.717, 1.165) is 41.4 Å². The van der Waals surface area contributed by atoms with Gasteiger partial charge in [0.15, 0.2) is 0 Å². The van der Waals surface area contributed by atoms with E-state index in [1.807, 2.05) is 0 Å². The lowest BCUT2D eigenvalue weighted by Gasteiger charge is -2.54. The molecule has 9 atom stereocenters. The summed E-state index contributed by atoms with van der Waals surface area (Å²) in [5.41, 5.74) is 0.647. The maximum Gasteiger partial charge on any atom is 0.0839 e. The van der Waals surface area contributed by atoms with Crippen molar-refractivity contribution in [2.24, 2.45) is 57.9 Å². The number of hydrogen-bond donors (Lipinski definition) is 0. The molecule has 0 N–H and O–H groups in total. The highest BCUT2D eigenvalue weighted by Crippen LogP contribution is 2.63. The molecule has 0 aromatic rings. The molecule has 0 amide bonds. The Morgan fingerprint density at radius 2 is 1.26 bits per heavy atom. The maximum atomic E-state index is 11.2. The zero-order chi connectivity index (χ0) is 24.1. The van der Waals surface area contributed by atoms with Gasteiger partial charge in [0.1, 0.15) is 0 Å². The largest absolute Gasteiger partial charge is 0.151 e. The first-order valence-corrected chi connectivity index (χ1v) is 16.5. The van der Waals surface area contributed by atoms with Gasteiger partial charge in [-0.3, -0.25) is 0 Å². The molecule has 9 unspecified atom stereocenters. The van der Waals surface area contributed by atoms with Crippen LogP contribution in [-0.2, 0) is 0 Å². The van der Waals surface area contributed by atoms with Crippen LogP contribution in [0.25, 0.3) is 0 Å². The van der Waals surface area contributed by atoms with Crippen LogP contribution >= 0.6 is 0 Å². The molecule has 2 heteroatoms. The van der Waals surface area contributed by atoms with Crippen LogP contribution in [0.1, 0.15) is 148 Å². The molecule has 5 fully saturated rings. The highest BCUT2D eigenvalue weighted by Gasteiger charge is 2.54. The Hall–Kier alpha value is -0.400. The molecule has 5 saturated carbocycles. The molecular formula is C33H57NO. The summed E-state index contributed by atoms with van der Waals surface area (Å²) >= 11 is 0. The van der Waals surface area contributed by atoms with E-state index in [2.05, 4.69) is 12.1 Å². The Kier molecular flexibility index (Phi) is 9.31. The molecule has 0 aliphatic heterocycles. The quantitative estimate of drug-likeness (QED) is 0.359. The van der Waals surface area contributed by atoms with E-state index in [9.17, 15) is 4.91 Å². The summed E-state index contributed by atoms with van der Waals surface area (Å²) in [5.74, 6) is 7.47. The van der Waals surface area contributed by atoms with Crippen molar-refractivity contribution < 1.29 is 0 Å². The van der Waals surface area contributed by atoms with Gasteiger partial charge < -0.3 is 0 Å². The van der Waals surface area contributed by atoms with E-state index in [1.165, 1.54) is 109 Å². The molecule has 0 radical (unpaired) electrons. The Morgan fingerprint density at radius 1 is 0.629 bits per heavy atom. The van der Waals surface area contributed by atoms with Gasteiger partial charge in [-0.1, -0.05) is 115 Å². The van der Waals surface area contributed by atoms with Gasteiger partial charge in [0.25, 0.3) is 0 Å².